The first kappa shape index (κ1) is 19.5. The minimum absolute atomic E-state index is 0.0519. The highest BCUT2D eigenvalue weighted by molar-refractivity contribution is 5.85. The Morgan fingerprint density at radius 3 is 2.42 bits per heavy atom. The van der Waals surface area contributed by atoms with E-state index in [4.69, 9.17) is 9.47 Å². The Labute approximate surface area is 139 Å². The number of rotatable bonds is 10. The molecular weight excluding hydrogens is 320 g/mol. The first-order valence-electron chi connectivity index (χ1n) is 7.15. The highest BCUT2D eigenvalue weighted by atomic mass is 16.6. The minimum atomic E-state index is -0.907. The third-order valence-corrected chi connectivity index (χ3v) is 3.07. The van der Waals surface area contributed by atoms with E-state index in [9.17, 15) is 19.7 Å². The summed E-state index contributed by atoms with van der Waals surface area (Å²) in [7, 11) is 2.73. The van der Waals surface area contributed by atoms with E-state index in [0.29, 0.717) is 12.2 Å². The number of ether oxygens (including phenoxy) is 3. The summed E-state index contributed by atoms with van der Waals surface area (Å²) in [5.41, 5.74) is 0.598. The van der Waals surface area contributed by atoms with E-state index in [2.05, 4.69) is 10.1 Å². The predicted molar refractivity (Wildman–Crippen MR) is 83.4 cm³/mol. The highest BCUT2D eigenvalue weighted by Gasteiger charge is 2.22. The van der Waals surface area contributed by atoms with Crippen molar-refractivity contribution in [1.29, 1.82) is 0 Å². The van der Waals surface area contributed by atoms with Gasteiger partial charge in [0.2, 0.25) is 5.91 Å². The minimum Gasteiger partial charge on any atom is -0.467 e. The van der Waals surface area contributed by atoms with Gasteiger partial charge in [0.15, 0.2) is 0 Å². The van der Waals surface area contributed by atoms with Crippen LogP contribution in [0, 0.1) is 10.1 Å². The second kappa shape index (κ2) is 10.3. The first-order chi connectivity index (χ1) is 11.5. The molecule has 0 heterocycles. The van der Waals surface area contributed by atoms with Crippen LogP contribution in [-0.2, 0) is 30.2 Å². The number of hydrogen-bond acceptors (Lipinski definition) is 7. The predicted octanol–water partition coefficient (Wildman–Crippen LogP) is 0.458. The lowest BCUT2D eigenvalue weighted by Gasteiger charge is -2.16. The maximum Gasteiger partial charge on any atom is 0.328 e. The molecule has 1 aromatic rings. The van der Waals surface area contributed by atoms with Crippen molar-refractivity contribution in [2.75, 3.05) is 34.0 Å². The number of non-ortho nitro benzene ring substituents is 1. The van der Waals surface area contributed by atoms with Crippen molar-refractivity contribution in [3.05, 3.63) is 39.9 Å². The Morgan fingerprint density at radius 2 is 1.88 bits per heavy atom. The molecule has 1 rings (SSSR count). The van der Waals surface area contributed by atoms with E-state index >= 15 is 0 Å². The summed E-state index contributed by atoms with van der Waals surface area (Å²) in [6.45, 7) is 0.406. The molecule has 9 heteroatoms. The molecule has 0 aliphatic heterocycles. The van der Waals surface area contributed by atoms with Gasteiger partial charge in [-0.3, -0.25) is 14.9 Å². The summed E-state index contributed by atoms with van der Waals surface area (Å²) in [5, 5.41) is 13.2. The van der Waals surface area contributed by atoms with Crippen LogP contribution < -0.4 is 5.32 Å². The second-order valence-corrected chi connectivity index (χ2v) is 4.82. The summed E-state index contributed by atoms with van der Waals surface area (Å²) in [5.74, 6) is -1.08. The molecule has 1 atom stereocenters. The van der Waals surface area contributed by atoms with Crippen LogP contribution in [0.5, 0.6) is 0 Å². The van der Waals surface area contributed by atoms with Gasteiger partial charge in [0.1, 0.15) is 12.6 Å². The van der Waals surface area contributed by atoms with Crippen molar-refractivity contribution in [3.63, 3.8) is 0 Å². The fourth-order valence-corrected chi connectivity index (χ4v) is 1.87. The van der Waals surface area contributed by atoms with Crippen LogP contribution in [0.4, 0.5) is 5.69 Å². The monoisotopic (exact) mass is 340 g/mol. The molecule has 0 radical (unpaired) electrons. The van der Waals surface area contributed by atoms with Gasteiger partial charge >= 0.3 is 5.97 Å². The molecule has 0 aromatic heterocycles. The van der Waals surface area contributed by atoms with Crippen LogP contribution in [0.15, 0.2) is 24.3 Å². The lowest BCUT2D eigenvalue weighted by atomic mass is 10.1. The molecule has 1 aromatic carbocycles. The van der Waals surface area contributed by atoms with Crippen LogP contribution >= 0.6 is 0 Å². The first-order valence-corrected chi connectivity index (χ1v) is 7.15. The normalized spacial score (nSPS) is 11.6. The molecule has 1 N–H and O–H groups in total. The molecule has 0 unspecified atom stereocenters. The van der Waals surface area contributed by atoms with E-state index in [-0.39, 0.29) is 25.3 Å². The molecule has 1 amide bonds. The van der Waals surface area contributed by atoms with Gasteiger partial charge in [0.25, 0.3) is 5.69 Å². The summed E-state index contributed by atoms with van der Waals surface area (Å²) in [6, 6.07) is 4.80. The maximum atomic E-state index is 11.8. The molecule has 0 spiro atoms. The lowest BCUT2D eigenvalue weighted by Crippen LogP contribution is -2.44. The number of hydrogen-bond donors (Lipinski definition) is 1. The zero-order valence-electron chi connectivity index (χ0n) is 13.5. The molecular formula is C15H20N2O7. The quantitative estimate of drug-likeness (QED) is 0.284. The fraction of sp³-hybridized carbons (Fsp3) is 0.467. The Kier molecular flexibility index (Phi) is 8.37. The molecule has 24 heavy (non-hydrogen) atoms. The topological polar surface area (TPSA) is 117 Å². The maximum absolute atomic E-state index is 11.8. The number of nitrogens with zero attached hydrogens (tertiary/aromatic N) is 1. The average molecular weight is 340 g/mol. The van der Waals surface area contributed by atoms with Gasteiger partial charge in [-0.05, 0) is 5.56 Å². The molecule has 0 aliphatic carbocycles. The van der Waals surface area contributed by atoms with E-state index in [1.807, 2.05) is 0 Å². The Bertz CT molecular complexity index is 559. The van der Waals surface area contributed by atoms with Gasteiger partial charge in [-0.25, -0.2) is 4.79 Å². The van der Waals surface area contributed by atoms with Gasteiger partial charge in [-0.2, -0.15) is 0 Å². The van der Waals surface area contributed by atoms with E-state index in [1.54, 1.807) is 0 Å². The van der Waals surface area contributed by atoms with Crippen LogP contribution in [0.25, 0.3) is 0 Å². The van der Waals surface area contributed by atoms with Crippen LogP contribution in [0.2, 0.25) is 0 Å². The van der Waals surface area contributed by atoms with Crippen molar-refractivity contribution in [2.24, 2.45) is 0 Å². The number of nitro groups is 1. The van der Waals surface area contributed by atoms with Gasteiger partial charge in [0.05, 0.1) is 25.2 Å². The van der Waals surface area contributed by atoms with E-state index in [1.165, 1.54) is 38.5 Å². The van der Waals surface area contributed by atoms with Crippen molar-refractivity contribution in [2.45, 2.75) is 12.5 Å². The van der Waals surface area contributed by atoms with Crippen molar-refractivity contribution < 1.29 is 28.7 Å². The fourth-order valence-electron chi connectivity index (χ4n) is 1.87. The van der Waals surface area contributed by atoms with Gasteiger partial charge in [-0.1, -0.05) is 12.1 Å². The number of carbonyl (C=O) groups excluding carboxylic acids is 2. The zero-order valence-corrected chi connectivity index (χ0v) is 13.5. The Balaban J connectivity index is 2.63. The lowest BCUT2D eigenvalue weighted by molar-refractivity contribution is -0.384. The van der Waals surface area contributed by atoms with E-state index < -0.39 is 22.8 Å². The van der Waals surface area contributed by atoms with Gasteiger partial charge in [0, 0.05) is 25.7 Å². The molecule has 0 bridgehead atoms. The van der Waals surface area contributed by atoms with Crippen LogP contribution in [0.3, 0.4) is 0 Å². The number of amides is 1. The number of esters is 1. The van der Waals surface area contributed by atoms with Gasteiger partial charge < -0.3 is 19.5 Å². The van der Waals surface area contributed by atoms with Gasteiger partial charge in [-0.15, -0.1) is 0 Å². The average Bonchev–Trinajstić information content (AvgIpc) is 2.58. The molecule has 132 valence electrons. The standard InChI is InChI=1S/C15H20N2O7/c1-22-7-8-24-10-14(18)16-13(15(19)23-2)9-11-3-5-12(6-4-11)17(20)21/h3-6,13H,7-10H2,1-2H3,(H,16,18)/t13-/m0/s1. The number of carbonyl (C=O) groups is 2. The Hall–Kier alpha value is -2.52. The van der Waals surface area contributed by atoms with E-state index in [0.717, 1.165) is 0 Å². The molecule has 0 fully saturated rings. The summed E-state index contributed by atoms with van der Waals surface area (Å²) >= 11 is 0. The third-order valence-electron chi connectivity index (χ3n) is 3.07. The number of nitro benzene ring substituents is 1. The summed E-state index contributed by atoms with van der Waals surface area (Å²) in [6.07, 6.45) is 0.147. The zero-order chi connectivity index (χ0) is 17.9. The molecule has 0 aliphatic rings. The van der Waals surface area contributed by atoms with Crippen molar-refractivity contribution >= 4 is 17.6 Å². The highest BCUT2D eigenvalue weighted by Crippen LogP contribution is 2.13. The molecule has 0 saturated heterocycles. The summed E-state index contributed by atoms with van der Waals surface area (Å²) in [4.78, 5) is 33.7. The Morgan fingerprint density at radius 1 is 1.21 bits per heavy atom. The third kappa shape index (κ3) is 6.71. The van der Waals surface area contributed by atoms with Crippen molar-refractivity contribution in [3.8, 4) is 0 Å². The van der Waals surface area contributed by atoms with Crippen LogP contribution in [-0.4, -0.2) is 56.9 Å². The van der Waals surface area contributed by atoms with Crippen molar-refractivity contribution in [1.82, 2.24) is 5.32 Å². The molecule has 0 saturated carbocycles. The number of nitrogens with one attached hydrogen (secondary N) is 1. The smallest absolute Gasteiger partial charge is 0.328 e. The number of methoxy groups -OCH3 is 2. The molecule has 9 nitrogen and oxygen atoms in total. The summed E-state index contributed by atoms with van der Waals surface area (Å²) < 4.78 is 14.5. The SMILES string of the molecule is COCCOCC(=O)N[C@@H](Cc1ccc([N+](=O)[O-])cc1)C(=O)OC. The number of benzene rings is 1. The second-order valence-electron chi connectivity index (χ2n) is 4.82. The largest absolute Gasteiger partial charge is 0.467 e. The van der Waals surface area contributed by atoms with Crippen LogP contribution in [0.1, 0.15) is 5.56 Å².